The van der Waals surface area contributed by atoms with Gasteiger partial charge in [-0.05, 0) is 70.8 Å². The van der Waals surface area contributed by atoms with E-state index in [0.29, 0.717) is 17.5 Å². The van der Waals surface area contributed by atoms with Crippen LogP contribution in [0.2, 0.25) is 0 Å². The Bertz CT molecular complexity index is 3490. The Hall–Kier alpha value is -8.41. The van der Waals surface area contributed by atoms with Crippen LogP contribution >= 0.6 is 0 Å². The summed E-state index contributed by atoms with van der Waals surface area (Å²) in [5.74, 6) is 1.87. The average molecular weight is 792 g/mol. The van der Waals surface area contributed by atoms with Crippen molar-refractivity contribution in [2.45, 2.75) is 0 Å². The van der Waals surface area contributed by atoms with Crippen molar-refractivity contribution in [2.24, 2.45) is 0 Å². The number of rotatable bonds is 7. The van der Waals surface area contributed by atoms with Crippen LogP contribution in [0.4, 0.5) is 0 Å². The molecule has 0 N–H and O–H groups in total. The molecule has 0 aliphatic carbocycles. The van der Waals surface area contributed by atoms with Crippen LogP contribution in [0, 0.1) is 0 Å². The van der Waals surface area contributed by atoms with Gasteiger partial charge < -0.3 is 9.13 Å². The molecular formula is C57H37N5. The molecule has 5 heteroatoms. The Morgan fingerprint density at radius 1 is 0.258 bits per heavy atom. The van der Waals surface area contributed by atoms with E-state index in [1.54, 1.807) is 0 Å². The third-order valence-corrected chi connectivity index (χ3v) is 12.0. The zero-order chi connectivity index (χ0) is 41.0. The van der Waals surface area contributed by atoms with Crippen molar-refractivity contribution >= 4 is 43.6 Å². The first-order valence-corrected chi connectivity index (χ1v) is 20.9. The predicted molar refractivity (Wildman–Crippen MR) is 256 cm³/mol. The van der Waals surface area contributed by atoms with Crippen LogP contribution in [0.15, 0.2) is 224 Å². The molecule has 0 radical (unpaired) electrons. The zero-order valence-corrected chi connectivity index (χ0v) is 33.6. The van der Waals surface area contributed by atoms with Gasteiger partial charge in [0.05, 0.1) is 27.8 Å². The van der Waals surface area contributed by atoms with Crippen molar-refractivity contribution < 1.29 is 0 Å². The van der Waals surface area contributed by atoms with E-state index in [0.717, 1.165) is 66.5 Å². The van der Waals surface area contributed by atoms with Gasteiger partial charge in [-0.25, -0.2) is 15.0 Å². The Balaban J connectivity index is 1.04. The van der Waals surface area contributed by atoms with Gasteiger partial charge in [0, 0.05) is 43.9 Å². The topological polar surface area (TPSA) is 48.5 Å². The number of fused-ring (bicyclic) bond motifs is 6. The average Bonchev–Trinajstić information content (AvgIpc) is 3.88. The van der Waals surface area contributed by atoms with Crippen LogP contribution in [0.3, 0.4) is 0 Å². The van der Waals surface area contributed by atoms with Crippen molar-refractivity contribution in [1.29, 1.82) is 0 Å². The molecule has 0 saturated heterocycles. The zero-order valence-electron chi connectivity index (χ0n) is 33.6. The van der Waals surface area contributed by atoms with Crippen LogP contribution in [0.1, 0.15) is 0 Å². The molecule has 0 spiro atoms. The van der Waals surface area contributed by atoms with Gasteiger partial charge in [-0.1, -0.05) is 176 Å². The highest BCUT2D eigenvalue weighted by Crippen LogP contribution is 2.40. The third-order valence-electron chi connectivity index (χ3n) is 12.0. The second kappa shape index (κ2) is 14.7. The third kappa shape index (κ3) is 5.98. The summed E-state index contributed by atoms with van der Waals surface area (Å²) < 4.78 is 4.82. The molecule has 0 unspecified atom stereocenters. The molecule has 62 heavy (non-hydrogen) atoms. The molecule has 12 rings (SSSR count). The van der Waals surface area contributed by atoms with Gasteiger partial charge in [0.25, 0.3) is 0 Å². The fraction of sp³-hybridized carbons (Fsp3) is 0. The SMILES string of the molecule is c1ccc(-c2ccc(-c3nc(-c4ccc(-c5ccccc5)cc4)nc(-c4ccc5c(c4)c4ccccc4n5-c4cccc5c6ccccc6n(-c6ccccc6)c45)n3)cc2)cc1. The molecule has 0 aliphatic heterocycles. The lowest BCUT2D eigenvalue weighted by molar-refractivity contribution is 1.07. The van der Waals surface area contributed by atoms with E-state index in [-0.39, 0.29) is 0 Å². The second-order valence-corrected chi connectivity index (χ2v) is 15.6. The van der Waals surface area contributed by atoms with Crippen LogP contribution in [0.5, 0.6) is 0 Å². The maximum absolute atomic E-state index is 5.20. The summed E-state index contributed by atoms with van der Waals surface area (Å²) in [6, 6.07) is 79.2. The number of aromatic nitrogens is 5. The Morgan fingerprint density at radius 2 is 0.661 bits per heavy atom. The normalized spacial score (nSPS) is 11.5. The monoisotopic (exact) mass is 791 g/mol. The number of nitrogens with zero attached hydrogens (tertiary/aromatic N) is 5. The van der Waals surface area contributed by atoms with E-state index >= 15 is 0 Å². The van der Waals surface area contributed by atoms with Gasteiger partial charge >= 0.3 is 0 Å². The Morgan fingerprint density at radius 3 is 1.24 bits per heavy atom. The first-order chi connectivity index (χ1) is 30.7. The number of hydrogen-bond acceptors (Lipinski definition) is 3. The van der Waals surface area contributed by atoms with Crippen molar-refractivity contribution in [3.8, 4) is 67.8 Å². The summed E-state index contributed by atoms with van der Waals surface area (Å²) in [6.45, 7) is 0. The van der Waals surface area contributed by atoms with Crippen LogP contribution in [0.25, 0.3) is 111 Å². The highest BCUT2D eigenvalue weighted by molar-refractivity contribution is 6.15. The van der Waals surface area contributed by atoms with Gasteiger partial charge in [0.15, 0.2) is 17.5 Å². The predicted octanol–water partition coefficient (Wildman–Crippen LogP) is 14.4. The van der Waals surface area contributed by atoms with Crippen molar-refractivity contribution in [3.05, 3.63) is 224 Å². The standard InChI is InChI=1S/C57H37N5/c1-4-15-38(16-5-1)40-27-31-42(32-28-40)55-58-56(43-33-29-41(30-34-43)39-17-6-2-7-18-39)60-57(59-55)44-35-36-52-49(37-44)47-22-11-13-25-51(47)62(52)53-26-14-23-48-46-21-10-12-24-50(46)61(54(48)53)45-19-8-3-9-20-45/h1-37H. The number of benzene rings is 9. The minimum atomic E-state index is 0.620. The van der Waals surface area contributed by atoms with E-state index in [4.69, 9.17) is 15.0 Å². The first kappa shape index (κ1) is 35.5. The number of hydrogen-bond donors (Lipinski definition) is 0. The van der Waals surface area contributed by atoms with Crippen molar-refractivity contribution in [2.75, 3.05) is 0 Å². The minimum absolute atomic E-state index is 0.620. The molecule has 3 aromatic heterocycles. The molecule has 0 bridgehead atoms. The molecule has 3 heterocycles. The summed E-state index contributed by atoms with van der Waals surface area (Å²) >= 11 is 0. The summed E-state index contributed by atoms with van der Waals surface area (Å²) in [4.78, 5) is 15.5. The fourth-order valence-corrected chi connectivity index (χ4v) is 9.05. The highest BCUT2D eigenvalue weighted by Gasteiger charge is 2.21. The molecule has 0 fully saturated rings. The maximum atomic E-state index is 5.20. The Kier molecular flexibility index (Phi) is 8.42. The van der Waals surface area contributed by atoms with Gasteiger partial charge in [-0.3, -0.25) is 0 Å². The molecule has 290 valence electrons. The fourth-order valence-electron chi connectivity index (χ4n) is 9.05. The summed E-state index contributed by atoms with van der Waals surface area (Å²) in [5, 5.41) is 4.72. The molecule has 0 aliphatic rings. The molecule has 5 nitrogen and oxygen atoms in total. The lowest BCUT2D eigenvalue weighted by Crippen LogP contribution is -2.01. The van der Waals surface area contributed by atoms with E-state index in [9.17, 15) is 0 Å². The van der Waals surface area contributed by atoms with Gasteiger partial charge in [-0.15, -0.1) is 0 Å². The smallest absolute Gasteiger partial charge is 0.164 e. The van der Waals surface area contributed by atoms with Crippen LogP contribution in [-0.4, -0.2) is 24.1 Å². The highest BCUT2D eigenvalue weighted by atomic mass is 15.1. The quantitative estimate of drug-likeness (QED) is 0.162. The van der Waals surface area contributed by atoms with Gasteiger partial charge in [-0.2, -0.15) is 0 Å². The van der Waals surface area contributed by atoms with Crippen molar-refractivity contribution in [3.63, 3.8) is 0 Å². The largest absolute Gasteiger partial charge is 0.307 e. The molecule has 0 saturated carbocycles. The summed E-state index contributed by atoms with van der Waals surface area (Å²) in [7, 11) is 0. The van der Waals surface area contributed by atoms with E-state index in [1.165, 1.54) is 27.4 Å². The second-order valence-electron chi connectivity index (χ2n) is 15.6. The Labute approximate surface area is 358 Å². The lowest BCUT2D eigenvalue weighted by Gasteiger charge is -2.14. The van der Waals surface area contributed by atoms with Crippen LogP contribution < -0.4 is 0 Å². The molecular weight excluding hydrogens is 755 g/mol. The summed E-state index contributed by atoms with van der Waals surface area (Å²) in [5.41, 5.74) is 14.2. The maximum Gasteiger partial charge on any atom is 0.164 e. The minimum Gasteiger partial charge on any atom is -0.307 e. The molecule has 0 amide bonds. The van der Waals surface area contributed by atoms with Gasteiger partial charge in [0.2, 0.25) is 0 Å². The number of para-hydroxylation sites is 4. The first-order valence-electron chi connectivity index (χ1n) is 20.9. The summed E-state index contributed by atoms with van der Waals surface area (Å²) in [6.07, 6.45) is 0. The van der Waals surface area contributed by atoms with Gasteiger partial charge in [0.1, 0.15) is 0 Å². The molecule has 0 atom stereocenters. The van der Waals surface area contributed by atoms with Crippen molar-refractivity contribution in [1.82, 2.24) is 24.1 Å². The molecule has 9 aromatic carbocycles. The molecule has 12 aromatic rings. The lowest BCUT2D eigenvalue weighted by atomic mass is 10.0. The van der Waals surface area contributed by atoms with E-state index in [1.807, 2.05) is 12.1 Å². The van der Waals surface area contributed by atoms with E-state index < -0.39 is 0 Å². The van der Waals surface area contributed by atoms with Crippen LogP contribution in [-0.2, 0) is 0 Å². The van der Waals surface area contributed by atoms with E-state index in [2.05, 4.69) is 221 Å².